The molecule has 0 fully saturated rings. The standard InChI is InChI=1S/C13H16BrN3/c1-10-12(14)4-3-5-13(10)15-8-6-11-7-9-16-17(11)2/h3-5,7,9,15H,6,8H2,1-2H3. The summed E-state index contributed by atoms with van der Waals surface area (Å²) in [6.45, 7) is 3.02. The number of rotatable bonds is 4. The molecule has 0 aliphatic rings. The molecule has 0 aliphatic carbocycles. The molecule has 0 saturated carbocycles. The normalized spacial score (nSPS) is 10.5. The molecule has 0 bridgehead atoms. The second kappa shape index (κ2) is 5.36. The van der Waals surface area contributed by atoms with E-state index in [1.165, 1.54) is 16.9 Å². The molecule has 4 heteroatoms. The number of aromatic nitrogens is 2. The minimum Gasteiger partial charge on any atom is -0.384 e. The van der Waals surface area contributed by atoms with Gasteiger partial charge in [0, 0.05) is 42.1 Å². The molecule has 90 valence electrons. The van der Waals surface area contributed by atoms with Crippen molar-refractivity contribution in [3.63, 3.8) is 0 Å². The summed E-state index contributed by atoms with van der Waals surface area (Å²) in [5, 5.41) is 7.60. The van der Waals surface area contributed by atoms with Crippen molar-refractivity contribution < 1.29 is 0 Å². The molecule has 1 N–H and O–H groups in total. The van der Waals surface area contributed by atoms with Gasteiger partial charge in [-0.15, -0.1) is 0 Å². The third-order valence-electron chi connectivity index (χ3n) is 2.89. The van der Waals surface area contributed by atoms with Crippen LogP contribution in [0.2, 0.25) is 0 Å². The van der Waals surface area contributed by atoms with Crippen LogP contribution in [0.4, 0.5) is 5.69 Å². The van der Waals surface area contributed by atoms with Gasteiger partial charge in [0.1, 0.15) is 0 Å². The first-order valence-corrected chi connectivity index (χ1v) is 6.43. The predicted molar refractivity (Wildman–Crippen MR) is 74.3 cm³/mol. The van der Waals surface area contributed by atoms with Crippen molar-refractivity contribution in [2.45, 2.75) is 13.3 Å². The number of halogens is 1. The van der Waals surface area contributed by atoms with Gasteiger partial charge in [0.05, 0.1) is 0 Å². The number of anilines is 1. The SMILES string of the molecule is Cc1c(Br)cccc1NCCc1ccnn1C. The molecule has 1 aromatic heterocycles. The third kappa shape index (κ3) is 2.88. The minimum absolute atomic E-state index is 0.914. The largest absolute Gasteiger partial charge is 0.384 e. The van der Waals surface area contributed by atoms with Gasteiger partial charge in [0.15, 0.2) is 0 Å². The smallest absolute Gasteiger partial charge is 0.0492 e. The van der Waals surface area contributed by atoms with Crippen LogP contribution in [0.1, 0.15) is 11.3 Å². The number of hydrogen-bond donors (Lipinski definition) is 1. The summed E-state index contributed by atoms with van der Waals surface area (Å²) in [4.78, 5) is 0. The Bertz CT molecular complexity index is 505. The Morgan fingerprint density at radius 1 is 1.35 bits per heavy atom. The van der Waals surface area contributed by atoms with E-state index in [0.717, 1.165) is 17.4 Å². The van der Waals surface area contributed by atoms with Crippen LogP contribution in [0.3, 0.4) is 0 Å². The van der Waals surface area contributed by atoms with Gasteiger partial charge in [-0.1, -0.05) is 22.0 Å². The van der Waals surface area contributed by atoms with E-state index in [1.54, 1.807) is 0 Å². The van der Waals surface area contributed by atoms with Crippen LogP contribution in [0, 0.1) is 6.92 Å². The predicted octanol–water partition coefficient (Wildman–Crippen LogP) is 3.15. The zero-order valence-corrected chi connectivity index (χ0v) is 11.7. The van der Waals surface area contributed by atoms with Crippen molar-refractivity contribution in [1.29, 1.82) is 0 Å². The molecule has 0 atom stereocenters. The summed E-state index contributed by atoms with van der Waals surface area (Å²) in [5.41, 5.74) is 3.67. The fourth-order valence-electron chi connectivity index (χ4n) is 1.77. The molecular formula is C13H16BrN3. The highest BCUT2D eigenvalue weighted by molar-refractivity contribution is 9.10. The lowest BCUT2D eigenvalue weighted by Crippen LogP contribution is -2.09. The van der Waals surface area contributed by atoms with E-state index >= 15 is 0 Å². The molecule has 17 heavy (non-hydrogen) atoms. The number of nitrogens with one attached hydrogen (secondary N) is 1. The van der Waals surface area contributed by atoms with Gasteiger partial charge in [-0.2, -0.15) is 5.10 Å². The molecule has 2 aromatic rings. The van der Waals surface area contributed by atoms with Crippen molar-refractivity contribution in [2.24, 2.45) is 7.05 Å². The minimum atomic E-state index is 0.914. The first-order chi connectivity index (χ1) is 8.18. The Morgan fingerprint density at radius 2 is 2.18 bits per heavy atom. The molecule has 0 radical (unpaired) electrons. The fourth-order valence-corrected chi connectivity index (χ4v) is 2.14. The lowest BCUT2D eigenvalue weighted by molar-refractivity contribution is 0.711. The van der Waals surface area contributed by atoms with Gasteiger partial charge in [-0.3, -0.25) is 4.68 Å². The molecule has 0 aliphatic heterocycles. The number of benzene rings is 1. The third-order valence-corrected chi connectivity index (χ3v) is 3.75. The molecule has 2 rings (SSSR count). The number of aryl methyl sites for hydroxylation is 1. The molecule has 0 spiro atoms. The fraction of sp³-hybridized carbons (Fsp3) is 0.308. The molecular weight excluding hydrogens is 278 g/mol. The van der Waals surface area contributed by atoms with Crippen molar-refractivity contribution >= 4 is 21.6 Å². The van der Waals surface area contributed by atoms with Crippen LogP contribution in [0.5, 0.6) is 0 Å². The molecule has 0 saturated heterocycles. The molecule has 3 nitrogen and oxygen atoms in total. The van der Waals surface area contributed by atoms with Crippen LogP contribution >= 0.6 is 15.9 Å². The van der Waals surface area contributed by atoms with Gasteiger partial charge in [-0.25, -0.2) is 0 Å². The summed E-state index contributed by atoms with van der Waals surface area (Å²) in [7, 11) is 1.97. The Hall–Kier alpha value is -1.29. The maximum absolute atomic E-state index is 4.16. The van der Waals surface area contributed by atoms with Crippen molar-refractivity contribution in [3.05, 3.63) is 46.2 Å². The average molecular weight is 294 g/mol. The van der Waals surface area contributed by atoms with Crippen LogP contribution in [0.25, 0.3) is 0 Å². The Kier molecular flexibility index (Phi) is 3.84. The highest BCUT2D eigenvalue weighted by Crippen LogP contribution is 2.23. The first kappa shape index (κ1) is 12.2. The second-order valence-electron chi connectivity index (χ2n) is 4.04. The van der Waals surface area contributed by atoms with E-state index in [1.807, 2.05) is 24.0 Å². The van der Waals surface area contributed by atoms with Crippen molar-refractivity contribution in [1.82, 2.24) is 9.78 Å². The van der Waals surface area contributed by atoms with Gasteiger partial charge < -0.3 is 5.32 Å². The Labute approximate surface area is 110 Å². The van der Waals surface area contributed by atoms with Gasteiger partial charge >= 0.3 is 0 Å². The summed E-state index contributed by atoms with van der Waals surface area (Å²) < 4.78 is 3.05. The summed E-state index contributed by atoms with van der Waals surface area (Å²) in [6.07, 6.45) is 2.81. The summed E-state index contributed by atoms with van der Waals surface area (Å²) in [5.74, 6) is 0. The number of hydrogen-bond acceptors (Lipinski definition) is 2. The Balaban J connectivity index is 1.95. The van der Waals surface area contributed by atoms with Crippen LogP contribution in [-0.2, 0) is 13.5 Å². The molecule has 0 amide bonds. The zero-order valence-electron chi connectivity index (χ0n) is 10.1. The van der Waals surface area contributed by atoms with Gasteiger partial charge in [0.25, 0.3) is 0 Å². The monoisotopic (exact) mass is 293 g/mol. The van der Waals surface area contributed by atoms with Crippen molar-refractivity contribution in [2.75, 3.05) is 11.9 Å². The average Bonchev–Trinajstić information content (AvgIpc) is 2.71. The van der Waals surface area contributed by atoms with Crippen LogP contribution < -0.4 is 5.32 Å². The van der Waals surface area contributed by atoms with Crippen molar-refractivity contribution in [3.8, 4) is 0 Å². The quantitative estimate of drug-likeness (QED) is 0.939. The van der Waals surface area contributed by atoms with Crippen LogP contribution in [0.15, 0.2) is 34.9 Å². The van der Waals surface area contributed by atoms with Gasteiger partial charge in [0.2, 0.25) is 0 Å². The maximum atomic E-state index is 4.16. The molecule has 1 heterocycles. The van der Waals surface area contributed by atoms with E-state index in [9.17, 15) is 0 Å². The first-order valence-electron chi connectivity index (χ1n) is 5.64. The van der Waals surface area contributed by atoms with E-state index in [-0.39, 0.29) is 0 Å². The topological polar surface area (TPSA) is 29.9 Å². The zero-order chi connectivity index (χ0) is 12.3. The maximum Gasteiger partial charge on any atom is 0.0492 e. The van der Waals surface area contributed by atoms with Crippen LogP contribution in [-0.4, -0.2) is 16.3 Å². The Morgan fingerprint density at radius 3 is 2.88 bits per heavy atom. The summed E-state index contributed by atoms with van der Waals surface area (Å²) >= 11 is 3.53. The van der Waals surface area contributed by atoms with E-state index in [4.69, 9.17) is 0 Å². The highest BCUT2D eigenvalue weighted by atomic mass is 79.9. The van der Waals surface area contributed by atoms with E-state index in [2.05, 4.69) is 51.5 Å². The van der Waals surface area contributed by atoms with E-state index in [0.29, 0.717) is 0 Å². The lowest BCUT2D eigenvalue weighted by Gasteiger charge is -2.10. The highest BCUT2D eigenvalue weighted by Gasteiger charge is 2.02. The lowest BCUT2D eigenvalue weighted by atomic mass is 10.2. The summed E-state index contributed by atoms with van der Waals surface area (Å²) in [6, 6.07) is 8.25. The van der Waals surface area contributed by atoms with Gasteiger partial charge in [-0.05, 0) is 30.7 Å². The number of nitrogens with zero attached hydrogens (tertiary/aromatic N) is 2. The van der Waals surface area contributed by atoms with E-state index < -0.39 is 0 Å². The second-order valence-corrected chi connectivity index (χ2v) is 4.89. The molecule has 0 unspecified atom stereocenters. The molecule has 1 aromatic carbocycles.